The van der Waals surface area contributed by atoms with Gasteiger partial charge >= 0.3 is 0 Å². The molecule has 3 rings (SSSR count). The van der Waals surface area contributed by atoms with E-state index in [4.69, 9.17) is 0 Å². The fourth-order valence-electron chi connectivity index (χ4n) is 2.59. The highest BCUT2D eigenvalue weighted by Crippen LogP contribution is 2.19. The number of anilines is 1. The monoisotopic (exact) mass is 369 g/mol. The van der Waals surface area contributed by atoms with Gasteiger partial charge in [-0.1, -0.05) is 18.2 Å². The van der Waals surface area contributed by atoms with Crippen LogP contribution in [0.1, 0.15) is 24.2 Å². The number of nitrogens with one attached hydrogen (secondary N) is 2. The molecular weight excluding hydrogens is 350 g/mol. The number of aromatic nitrogens is 1. The van der Waals surface area contributed by atoms with Gasteiger partial charge in [0.15, 0.2) is 0 Å². The van der Waals surface area contributed by atoms with Crippen molar-refractivity contribution in [2.75, 3.05) is 5.32 Å². The number of carbonyl (C=O) groups is 1. The van der Waals surface area contributed by atoms with E-state index in [1.807, 2.05) is 24.3 Å². The topological polar surface area (TPSA) is 88.2 Å². The second kappa shape index (κ2) is 7.23. The molecule has 6 nitrogen and oxygen atoms in total. The number of benzene rings is 2. The summed E-state index contributed by atoms with van der Waals surface area (Å²) in [5.74, 6) is -0.278. The zero-order chi connectivity index (χ0) is 18.7. The molecule has 0 aliphatic heterocycles. The molecule has 0 bridgehead atoms. The van der Waals surface area contributed by atoms with Gasteiger partial charge in [-0.3, -0.25) is 9.78 Å². The molecule has 1 amide bonds. The molecule has 0 unspecified atom stereocenters. The highest BCUT2D eigenvalue weighted by atomic mass is 32.2. The minimum atomic E-state index is -3.56. The summed E-state index contributed by atoms with van der Waals surface area (Å²) in [6.45, 7) is 3.51. The Bertz CT molecular complexity index is 1040. The Balaban J connectivity index is 1.82. The van der Waals surface area contributed by atoms with E-state index in [1.54, 1.807) is 38.2 Å². The number of rotatable bonds is 5. The number of para-hydroxylation sites is 1. The van der Waals surface area contributed by atoms with Gasteiger partial charge in [0.1, 0.15) is 0 Å². The Hall–Kier alpha value is -2.77. The van der Waals surface area contributed by atoms with Gasteiger partial charge < -0.3 is 5.32 Å². The van der Waals surface area contributed by atoms with Gasteiger partial charge in [0.25, 0.3) is 5.91 Å². The summed E-state index contributed by atoms with van der Waals surface area (Å²) in [6, 6.07) is 14.9. The van der Waals surface area contributed by atoms with Gasteiger partial charge in [-0.15, -0.1) is 0 Å². The van der Waals surface area contributed by atoms with Crippen molar-refractivity contribution in [3.8, 4) is 0 Å². The third-order valence-corrected chi connectivity index (χ3v) is 5.38. The molecule has 1 aromatic heterocycles. The molecule has 2 aromatic carbocycles. The summed E-state index contributed by atoms with van der Waals surface area (Å²) in [5.41, 5.74) is 1.76. The number of hydrogen-bond donors (Lipinski definition) is 2. The molecule has 0 aliphatic carbocycles. The van der Waals surface area contributed by atoms with Crippen molar-refractivity contribution >= 4 is 32.5 Å². The van der Waals surface area contributed by atoms with Crippen LogP contribution in [0.15, 0.2) is 65.7 Å². The lowest BCUT2D eigenvalue weighted by atomic mass is 10.1. The summed E-state index contributed by atoms with van der Waals surface area (Å²) >= 11 is 0. The molecule has 7 heteroatoms. The molecule has 0 saturated carbocycles. The van der Waals surface area contributed by atoms with E-state index in [-0.39, 0.29) is 16.8 Å². The van der Waals surface area contributed by atoms with Crippen molar-refractivity contribution < 1.29 is 13.2 Å². The summed E-state index contributed by atoms with van der Waals surface area (Å²) < 4.78 is 26.8. The minimum Gasteiger partial charge on any atom is -0.322 e. The Morgan fingerprint density at radius 3 is 2.38 bits per heavy atom. The zero-order valence-electron chi connectivity index (χ0n) is 14.4. The van der Waals surface area contributed by atoms with Crippen LogP contribution in [0.4, 0.5) is 5.69 Å². The average Bonchev–Trinajstić information content (AvgIpc) is 2.60. The van der Waals surface area contributed by atoms with Crippen molar-refractivity contribution in [1.29, 1.82) is 0 Å². The molecule has 1 heterocycles. The van der Waals surface area contributed by atoms with Crippen molar-refractivity contribution in [2.45, 2.75) is 24.8 Å². The van der Waals surface area contributed by atoms with E-state index < -0.39 is 10.0 Å². The van der Waals surface area contributed by atoms with Crippen LogP contribution in [0.25, 0.3) is 10.9 Å². The molecule has 0 aliphatic rings. The fraction of sp³-hybridized carbons (Fsp3) is 0.158. The van der Waals surface area contributed by atoms with Crippen LogP contribution in [0.2, 0.25) is 0 Å². The van der Waals surface area contributed by atoms with Crippen molar-refractivity contribution in [3.63, 3.8) is 0 Å². The number of amides is 1. The third kappa shape index (κ3) is 3.89. The largest absolute Gasteiger partial charge is 0.322 e. The van der Waals surface area contributed by atoms with Crippen molar-refractivity contribution in [3.05, 3.63) is 66.4 Å². The molecule has 0 saturated heterocycles. The first-order valence-corrected chi connectivity index (χ1v) is 9.62. The molecule has 0 radical (unpaired) electrons. The second-order valence-electron chi connectivity index (χ2n) is 6.13. The van der Waals surface area contributed by atoms with E-state index in [9.17, 15) is 13.2 Å². The molecule has 3 aromatic rings. The molecule has 0 atom stereocenters. The minimum absolute atomic E-state index is 0.151. The van der Waals surface area contributed by atoms with E-state index >= 15 is 0 Å². The highest BCUT2D eigenvalue weighted by Gasteiger charge is 2.16. The van der Waals surface area contributed by atoms with Crippen LogP contribution in [-0.4, -0.2) is 25.4 Å². The Morgan fingerprint density at radius 1 is 1.00 bits per heavy atom. The summed E-state index contributed by atoms with van der Waals surface area (Å²) in [4.78, 5) is 17.0. The number of sulfonamides is 1. The predicted molar refractivity (Wildman–Crippen MR) is 102 cm³/mol. The van der Waals surface area contributed by atoms with Crippen LogP contribution in [0.3, 0.4) is 0 Å². The number of fused-ring (bicyclic) bond motifs is 1. The molecular formula is C19H19N3O3S. The molecule has 0 fully saturated rings. The van der Waals surface area contributed by atoms with Crippen LogP contribution >= 0.6 is 0 Å². The van der Waals surface area contributed by atoms with E-state index in [0.29, 0.717) is 11.3 Å². The second-order valence-corrected chi connectivity index (χ2v) is 7.84. The zero-order valence-corrected chi connectivity index (χ0v) is 15.2. The fourth-order valence-corrected chi connectivity index (χ4v) is 3.84. The van der Waals surface area contributed by atoms with Crippen molar-refractivity contribution in [1.82, 2.24) is 9.71 Å². The third-order valence-electron chi connectivity index (χ3n) is 3.71. The molecule has 26 heavy (non-hydrogen) atoms. The van der Waals surface area contributed by atoms with E-state index in [0.717, 1.165) is 10.9 Å². The summed E-state index contributed by atoms with van der Waals surface area (Å²) in [5, 5.41) is 3.55. The maximum Gasteiger partial charge on any atom is 0.256 e. The first-order chi connectivity index (χ1) is 12.4. The first-order valence-electron chi connectivity index (χ1n) is 8.14. The Labute approximate surface area is 152 Å². The van der Waals surface area contributed by atoms with Crippen LogP contribution < -0.4 is 10.0 Å². The van der Waals surface area contributed by atoms with Gasteiger partial charge in [-0.25, -0.2) is 13.1 Å². The average molecular weight is 369 g/mol. The maximum atomic E-state index is 12.6. The number of nitrogens with zero attached hydrogens (tertiary/aromatic N) is 1. The molecule has 0 spiro atoms. The van der Waals surface area contributed by atoms with E-state index in [2.05, 4.69) is 15.0 Å². The predicted octanol–water partition coefficient (Wildman–Crippen LogP) is 3.17. The van der Waals surface area contributed by atoms with Crippen LogP contribution in [-0.2, 0) is 10.0 Å². The SMILES string of the molecule is CC(C)NS(=O)(=O)c1ccc(NC(=O)c2ccnc3ccccc23)cc1. The van der Waals surface area contributed by atoms with Crippen LogP contribution in [0, 0.1) is 0 Å². The first kappa shape index (κ1) is 18.0. The molecule has 2 N–H and O–H groups in total. The standard InChI is InChI=1S/C19H19N3O3S/c1-13(2)22-26(24,25)15-9-7-14(8-10-15)21-19(23)17-11-12-20-18-6-4-3-5-16(17)18/h3-13,22H,1-2H3,(H,21,23). The van der Waals surface area contributed by atoms with Gasteiger partial charge in [0, 0.05) is 23.3 Å². The number of carbonyl (C=O) groups excluding carboxylic acids is 1. The molecule has 134 valence electrons. The number of pyridine rings is 1. The van der Waals surface area contributed by atoms with Crippen LogP contribution in [0.5, 0.6) is 0 Å². The Morgan fingerprint density at radius 2 is 1.69 bits per heavy atom. The van der Waals surface area contributed by atoms with Gasteiger partial charge in [-0.05, 0) is 50.2 Å². The normalized spacial score (nSPS) is 11.7. The lowest BCUT2D eigenvalue weighted by Gasteiger charge is -2.11. The maximum absolute atomic E-state index is 12.6. The van der Waals surface area contributed by atoms with Crippen molar-refractivity contribution in [2.24, 2.45) is 0 Å². The quantitative estimate of drug-likeness (QED) is 0.723. The summed E-state index contributed by atoms with van der Waals surface area (Å²) in [7, 11) is -3.56. The number of hydrogen-bond acceptors (Lipinski definition) is 4. The Kier molecular flexibility index (Phi) is 5.01. The highest BCUT2D eigenvalue weighted by molar-refractivity contribution is 7.89. The smallest absolute Gasteiger partial charge is 0.256 e. The van der Waals surface area contributed by atoms with Gasteiger partial charge in [0.2, 0.25) is 10.0 Å². The summed E-state index contributed by atoms with van der Waals surface area (Å²) in [6.07, 6.45) is 1.59. The lowest BCUT2D eigenvalue weighted by molar-refractivity contribution is 0.102. The van der Waals surface area contributed by atoms with E-state index in [1.165, 1.54) is 12.1 Å². The lowest BCUT2D eigenvalue weighted by Crippen LogP contribution is -2.30. The van der Waals surface area contributed by atoms with Gasteiger partial charge in [-0.2, -0.15) is 0 Å². The van der Waals surface area contributed by atoms with Gasteiger partial charge in [0.05, 0.1) is 16.0 Å².